The summed E-state index contributed by atoms with van der Waals surface area (Å²) in [7, 11) is 0. The van der Waals surface area contributed by atoms with Crippen LogP contribution in [0.1, 0.15) is 23.2 Å². The van der Waals surface area contributed by atoms with Crippen LogP contribution >= 0.6 is 22.6 Å². The van der Waals surface area contributed by atoms with E-state index in [1.807, 2.05) is 0 Å². The number of nitrogens with zero attached hydrogens (tertiary/aromatic N) is 1. The van der Waals surface area contributed by atoms with E-state index in [2.05, 4.69) is 4.98 Å². The van der Waals surface area contributed by atoms with Gasteiger partial charge in [0.05, 0.1) is 12.0 Å². The molecule has 0 aliphatic heterocycles. The number of aliphatic carboxylic acids is 1. The topological polar surface area (TPSA) is 50.2 Å². The quantitative estimate of drug-likeness (QED) is 0.497. The van der Waals surface area contributed by atoms with Crippen LogP contribution in [0.3, 0.4) is 0 Å². The smallest absolute Gasteiger partial charge is 0.433 e. The molecule has 0 bridgehead atoms. The minimum Gasteiger partial charge on any atom is -0.481 e. The van der Waals surface area contributed by atoms with E-state index in [-0.39, 0.29) is 3.70 Å². The van der Waals surface area contributed by atoms with Gasteiger partial charge in [-0.2, -0.15) is 13.2 Å². The molecule has 100 valence electrons. The Labute approximate surface area is 111 Å². The first-order valence-electron chi connectivity index (χ1n) is 4.39. The molecular weight excluding hydrogens is 376 g/mol. The highest BCUT2D eigenvalue weighted by Gasteiger charge is 2.39. The van der Waals surface area contributed by atoms with Crippen LogP contribution in [-0.2, 0) is 17.4 Å². The normalized spacial score (nSPS) is 11.9. The SMILES string of the molecule is O=C(O)Cc1cc(I)nc(C(F)(F)F)c1C(F)F. The first kappa shape index (κ1) is 15.1. The Bertz CT molecular complexity index is 475. The molecule has 0 atom stereocenters. The van der Waals surface area contributed by atoms with E-state index in [0.29, 0.717) is 0 Å². The van der Waals surface area contributed by atoms with Crippen LogP contribution in [0.25, 0.3) is 0 Å². The summed E-state index contributed by atoms with van der Waals surface area (Å²) in [5, 5.41) is 8.51. The highest BCUT2D eigenvalue weighted by atomic mass is 127. The van der Waals surface area contributed by atoms with Gasteiger partial charge in [0.25, 0.3) is 6.43 Å². The molecule has 1 aromatic rings. The van der Waals surface area contributed by atoms with Crippen LogP contribution in [0.5, 0.6) is 0 Å². The van der Waals surface area contributed by atoms with Crippen LogP contribution in [0.15, 0.2) is 6.07 Å². The zero-order chi connectivity index (χ0) is 14.1. The van der Waals surface area contributed by atoms with E-state index in [1.165, 1.54) is 22.6 Å². The third-order valence-corrected chi connectivity index (χ3v) is 2.49. The minimum atomic E-state index is -5.06. The second-order valence-electron chi connectivity index (χ2n) is 3.24. The van der Waals surface area contributed by atoms with Crippen molar-refractivity contribution in [2.75, 3.05) is 0 Å². The maximum atomic E-state index is 12.7. The number of halogens is 6. The number of carboxylic acid groups (broad SMARTS) is 1. The number of alkyl halides is 5. The van der Waals surface area contributed by atoms with Gasteiger partial charge in [-0.25, -0.2) is 13.8 Å². The Morgan fingerprint density at radius 3 is 2.39 bits per heavy atom. The molecule has 3 nitrogen and oxygen atoms in total. The number of rotatable bonds is 3. The van der Waals surface area contributed by atoms with Gasteiger partial charge >= 0.3 is 12.1 Å². The lowest BCUT2D eigenvalue weighted by molar-refractivity contribution is -0.143. The second-order valence-corrected chi connectivity index (χ2v) is 4.34. The van der Waals surface area contributed by atoms with Crippen LogP contribution in [0.4, 0.5) is 22.0 Å². The van der Waals surface area contributed by atoms with E-state index in [4.69, 9.17) is 5.11 Å². The fraction of sp³-hybridized carbons (Fsp3) is 0.333. The van der Waals surface area contributed by atoms with E-state index in [1.54, 1.807) is 0 Å². The molecule has 0 aliphatic carbocycles. The van der Waals surface area contributed by atoms with Crippen LogP contribution < -0.4 is 0 Å². The van der Waals surface area contributed by atoms with Gasteiger partial charge in [0.1, 0.15) is 3.70 Å². The number of carboxylic acids is 1. The Kier molecular flexibility index (Phi) is 4.46. The molecule has 0 radical (unpaired) electrons. The van der Waals surface area contributed by atoms with Crippen molar-refractivity contribution >= 4 is 28.6 Å². The van der Waals surface area contributed by atoms with Crippen molar-refractivity contribution in [1.29, 1.82) is 0 Å². The molecule has 0 fully saturated rings. The molecular formula is C9H5F5INO2. The van der Waals surface area contributed by atoms with Crippen molar-refractivity contribution < 1.29 is 31.9 Å². The molecule has 0 spiro atoms. The van der Waals surface area contributed by atoms with Gasteiger partial charge in [0.2, 0.25) is 0 Å². The summed E-state index contributed by atoms with van der Waals surface area (Å²) in [5.74, 6) is -1.49. The Morgan fingerprint density at radius 2 is 2.00 bits per heavy atom. The third-order valence-electron chi connectivity index (χ3n) is 1.94. The van der Waals surface area contributed by atoms with Gasteiger partial charge in [-0.05, 0) is 34.2 Å². The predicted octanol–water partition coefficient (Wildman–Crippen LogP) is 3.27. The van der Waals surface area contributed by atoms with E-state index in [0.717, 1.165) is 6.07 Å². The summed E-state index contributed by atoms with van der Waals surface area (Å²) < 4.78 is 62.8. The molecule has 1 heterocycles. The molecule has 9 heteroatoms. The van der Waals surface area contributed by atoms with Gasteiger partial charge in [0.15, 0.2) is 5.69 Å². The zero-order valence-corrected chi connectivity index (χ0v) is 10.6. The minimum absolute atomic E-state index is 0.194. The summed E-state index contributed by atoms with van der Waals surface area (Å²) >= 11 is 1.41. The highest BCUT2D eigenvalue weighted by Crippen LogP contribution is 2.37. The summed E-state index contributed by atoms with van der Waals surface area (Å²) in [6.45, 7) is 0. The Morgan fingerprint density at radius 1 is 1.44 bits per heavy atom. The van der Waals surface area contributed by atoms with Crippen molar-refractivity contribution in [2.45, 2.75) is 19.0 Å². The molecule has 0 aromatic carbocycles. The van der Waals surface area contributed by atoms with Gasteiger partial charge < -0.3 is 5.11 Å². The van der Waals surface area contributed by atoms with E-state index in [9.17, 15) is 26.7 Å². The van der Waals surface area contributed by atoms with Gasteiger partial charge in [-0.15, -0.1) is 0 Å². The maximum absolute atomic E-state index is 12.7. The van der Waals surface area contributed by atoms with Crippen molar-refractivity contribution in [2.24, 2.45) is 0 Å². The number of carbonyl (C=O) groups is 1. The van der Waals surface area contributed by atoms with E-state index < -0.39 is 41.8 Å². The zero-order valence-electron chi connectivity index (χ0n) is 8.43. The summed E-state index contributed by atoms with van der Waals surface area (Å²) in [4.78, 5) is 13.5. The van der Waals surface area contributed by atoms with Crippen molar-refractivity contribution in [3.63, 3.8) is 0 Å². The molecule has 1 aromatic heterocycles. The first-order chi connectivity index (χ1) is 8.12. The summed E-state index contributed by atoms with van der Waals surface area (Å²) in [6, 6.07) is 0.908. The number of pyridine rings is 1. The lowest BCUT2D eigenvalue weighted by atomic mass is 10.0. The molecule has 0 amide bonds. The number of hydrogen-bond donors (Lipinski definition) is 1. The Hall–Kier alpha value is -1.00. The fourth-order valence-electron chi connectivity index (χ4n) is 1.34. The van der Waals surface area contributed by atoms with Crippen LogP contribution in [0.2, 0.25) is 0 Å². The number of aromatic nitrogens is 1. The number of hydrogen-bond acceptors (Lipinski definition) is 2. The lowest BCUT2D eigenvalue weighted by Crippen LogP contribution is -2.17. The van der Waals surface area contributed by atoms with Gasteiger partial charge in [-0.1, -0.05) is 0 Å². The molecule has 18 heavy (non-hydrogen) atoms. The van der Waals surface area contributed by atoms with Crippen molar-refractivity contribution in [3.05, 3.63) is 26.6 Å². The molecule has 0 saturated heterocycles. The standard InChI is InChI=1S/C9H5F5INO2/c10-8(11)6-3(2-5(17)18)1-4(15)16-7(6)9(12,13)14/h1,8H,2H2,(H,17,18). The fourth-order valence-corrected chi connectivity index (χ4v) is 1.96. The van der Waals surface area contributed by atoms with E-state index >= 15 is 0 Å². The molecule has 0 aliphatic rings. The van der Waals surface area contributed by atoms with Crippen molar-refractivity contribution in [1.82, 2.24) is 4.98 Å². The Balaban J connectivity index is 3.51. The lowest BCUT2D eigenvalue weighted by Gasteiger charge is -2.15. The average Bonchev–Trinajstić information content (AvgIpc) is 2.13. The van der Waals surface area contributed by atoms with Crippen molar-refractivity contribution in [3.8, 4) is 0 Å². The summed E-state index contributed by atoms with van der Waals surface area (Å²) in [5.41, 5.74) is -3.69. The van der Waals surface area contributed by atoms with Gasteiger partial charge in [-0.3, -0.25) is 4.79 Å². The first-order valence-corrected chi connectivity index (χ1v) is 5.47. The summed E-state index contributed by atoms with van der Waals surface area (Å²) in [6.07, 6.45) is -9.41. The molecule has 0 unspecified atom stereocenters. The molecule has 0 saturated carbocycles. The highest BCUT2D eigenvalue weighted by molar-refractivity contribution is 14.1. The average molecular weight is 381 g/mol. The largest absolute Gasteiger partial charge is 0.481 e. The predicted molar refractivity (Wildman–Crippen MR) is 58.3 cm³/mol. The van der Waals surface area contributed by atoms with Crippen LogP contribution in [0, 0.1) is 3.70 Å². The monoisotopic (exact) mass is 381 g/mol. The molecule has 1 rings (SSSR count). The van der Waals surface area contributed by atoms with Gasteiger partial charge in [0, 0.05) is 0 Å². The molecule has 1 N–H and O–H groups in total. The second kappa shape index (κ2) is 5.33. The maximum Gasteiger partial charge on any atom is 0.433 e. The van der Waals surface area contributed by atoms with Crippen LogP contribution in [-0.4, -0.2) is 16.1 Å². The third kappa shape index (κ3) is 3.50.